The van der Waals surface area contributed by atoms with Crippen molar-refractivity contribution in [1.29, 1.82) is 0 Å². The molecule has 0 aliphatic rings. The maximum absolute atomic E-state index is 10.5. The van der Waals surface area contributed by atoms with Crippen LogP contribution in [0.2, 0.25) is 0 Å². The van der Waals surface area contributed by atoms with E-state index in [0.29, 0.717) is 18.8 Å². The molecular weight excluding hydrogens is 212 g/mol. The third-order valence-electron chi connectivity index (χ3n) is 1.76. The van der Waals surface area contributed by atoms with E-state index in [-0.39, 0.29) is 11.7 Å². The SMILES string of the molecule is CC(=O)NCCNc1ccc([N+](=O)[O-])nc1. The van der Waals surface area contributed by atoms with Gasteiger partial charge in [-0.1, -0.05) is 0 Å². The summed E-state index contributed by atoms with van der Waals surface area (Å²) in [4.78, 5) is 24.0. The summed E-state index contributed by atoms with van der Waals surface area (Å²) in [7, 11) is 0. The van der Waals surface area contributed by atoms with Crippen molar-refractivity contribution in [3.05, 3.63) is 28.4 Å². The Morgan fingerprint density at radius 2 is 2.25 bits per heavy atom. The third-order valence-corrected chi connectivity index (χ3v) is 1.76. The van der Waals surface area contributed by atoms with E-state index >= 15 is 0 Å². The van der Waals surface area contributed by atoms with Crippen LogP contribution in [-0.2, 0) is 4.79 Å². The molecule has 2 N–H and O–H groups in total. The average molecular weight is 224 g/mol. The van der Waals surface area contributed by atoms with Crippen molar-refractivity contribution in [2.75, 3.05) is 18.4 Å². The van der Waals surface area contributed by atoms with E-state index in [1.807, 2.05) is 0 Å². The van der Waals surface area contributed by atoms with Gasteiger partial charge in [-0.05, 0) is 16.0 Å². The maximum Gasteiger partial charge on any atom is 0.363 e. The molecule has 0 aliphatic carbocycles. The van der Waals surface area contributed by atoms with Crippen LogP contribution in [-0.4, -0.2) is 28.9 Å². The Morgan fingerprint density at radius 3 is 2.75 bits per heavy atom. The smallest absolute Gasteiger partial charge is 0.363 e. The minimum Gasteiger partial charge on any atom is -0.380 e. The Hall–Kier alpha value is -2.18. The van der Waals surface area contributed by atoms with Gasteiger partial charge < -0.3 is 20.7 Å². The highest BCUT2D eigenvalue weighted by atomic mass is 16.6. The Morgan fingerprint density at radius 1 is 1.50 bits per heavy atom. The molecule has 0 aromatic carbocycles. The number of amides is 1. The number of nitro groups is 1. The number of carbonyl (C=O) groups is 1. The standard InChI is InChI=1S/C9H12N4O3/c1-7(14)10-4-5-11-8-2-3-9(12-6-8)13(15)16/h2-3,6,11H,4-5H2,1H3,(H,10,14). The topological polar surface area (TPSA) is 97.2 Å². The van der Waals surface area contributed by atoms with E-state index in [9.17, 15) is 14.9 Å². The van der Waals surface area contributed by atoms with Crippen LogP contribution >= 0.6 is 0 Å². The first-order chi connectivity index (χ1) is 7.59. The van der Waals surface area contributed by atoms with Gasteiger partial charge in [0.25, 0.3) is 0 Å². The molecule has 7 heteroatoms. The number of rotatable bonds is 5. The van der Waals surface area contributed by atoms with E-state index in [4.69, 9.17) is 0 Å². The maximum atomic E-state index is 10.5. The number of pyridine rings is 1. The van der Waals surface area contributed by atoms with Gasteiger partial charge in [0.05, 0.1) is 5.69 Å². The molecule has 1 rings (SSSR count). The molecule has 0 saturated carbocycles. The molecule has 0 atom stereocenters. The first-order valence-corrected chi connectivity index (χ1v) is 4.68. The lowest BCUT2D eigenvalue weighted by Gasteiger charge is -2.04. The Balaban J connectivity index is 2.38. The Kier molecular flexibility index (Phi) is 4.19. The van der Waals surface area contributed by atoms with Crippen LogP contribution in [0.5, 0.6) is 0 Å². The lowest BCUT2D eigenvalue weighted by atomic mass is 10.4. The van der Waals surface area contributed by atoms with Crippen LogP contribution in [0, 0.1) is 10.1 Å². The lowest BCUT2D eigenvalue weighted by molar-refractivity contribution is -0.389. The van der Waals surface area contributed by atoms with Crippen molar-refractivity contribution in [2.24, 2.45) is 0 Å². The zero-order valence-corrected chi connectivity index (χ0v) is 8.77. The molecule has 86 valence electrons. The fourth-order valence-corrected chi connectivity index (χ4v) is 1.04. The normalized spacial score (nSPS) is 9.56. The summed E-state index contributed by atoms with van der Waals surface area (Å²) in [5.41, 5.74) is 0.677. The van der Waals surface area contributed by atoms with Gasteiger partial charge in [0.2, 0.25) is 5.91 Å². The van der Waals surface area contributed by atoms with Gasteiger partial charge in [0, 0.05) is 26.1 Å². The van der Waals surface area contributed by atoms with Crippen molar-refractivity contribution in [3.8, 4) is 0 Å². The predicted octanol–water partition coefficient (Wildman–Crippen LogP) is 0.538. The molecule has 0 aliphatic heterocycles. The number of anilines is 1. The van der Waals surface area contributed by atoms with Gasteiger partial charge in [-0.2, -0.15) is 0 Å². The van der Waals surface area contributed by atoms with Crippen LogP contribution in [0.3, 0.4) is 0 Å². The second-order valence-electron chi connectivity index (χ2n) is 3.07. The van der Waals surface area contributed by atoms with Crippen LogP contribution in [0.25, 0.3) is 0 Å². The molecular formula is C9H12N4O3. The quantitative estimate of drug-likeness (QED) is 0.432. The van der Waals surface area contributed by atoms with Crippen molar-refractivity contribution in [1.82, 2.24) is 10.3 Å². The minimum absolute atomic E-state index is 0.0939. The average Bonchev–Trinajstić information content (AvgIpc) is 2.25. The number of carbonyl (C=O) groups excluding carboxylic acids is 1. The van der Waals surface area contributed by atoms with Crippen molar-refractivity contribution < 1.29 is 9.72 Å². The number of aromatic nitrogens is 1. The summed E-state index contributed by atoms with van der Waals surface area (Å²) < 4.78 is 0. The summed E-state index contributed by atoms with van der Waals surface area (Å²) in [5, 5.41) is 15.9. The van der Waals surface area contributed by atoms with Gasteiger partial charge >= 0.3 is 5.82 Å². The molecule has 1 aromatic rings. The Labute approximate surface area is 92.0 Å². The first-order valence-electron chi connectivity index (χ1n) is 4.68. The van der Waals surface area contributed by atoms with Gasteiger partial charge in [-0.3, -0.25) is 4.79 Å². The Bertz CT molecular complexity index is 377. The monoisotopic (exact) mass is 224 g/mol. The summed E-state index contributed by atoms with van der Waals surface area (Å²) >= 11 is 0. The van der Waals surface area contributed by atoms with E-state index in [1.165, 1.54) is 19.2 Å². The fraction of sp³-hybridized carbons (Fsp3) is 0.333. The molecule has 7 nitrogen and oxygen atoms in total. The zero-order chi connectivity index (χ0) is 12.0. The number of hydrogen-bond donors (Lipinski definition) is 2. The summed E-state index contributed by atoms with van der Waals surface area (Å²) in [5.74, 6) is -0.281. The van der Waals surface area contributed by atoms with Crippen LogP contribution in [0.15, 0.2) is 18.3 Å². The number of nitrogens with zero attached hydrogens (tertiary/aromatic N) is 2. The highest BCUT2D eigenvalue weighted by Crippen LogP contribution is 2.10. The fourth-order valence-electron chi connectivity index (χ4n) is 1.04. The number of hydrogen-bond acceptors (Lipinski definition) is 5. The molecule has 0 unspecified atom stereocenters. The van der Waals surface area contributed by atoms with Gasteiger partial charge in [-0.25, -0.2) is 0 Å². The molecule has 0 radical (unpaired) electrons. The van der Waals surface area contributed by atoms with Crippen molar-refractivity contribution >= 4 is 17.4 Å². The predicted molar refractivity (Wildman–Crippen MR) is 58.1 cm³/mol. The van der Waals surface area contributed by atoms with Gasteiger partial charge in [0.15, 0.2) is 6.20 Å². The molecule has 1 aromatic heterocycles. The van der Waals surface area contributed by atoms with Crippen molar-refractivity contribution in [3.63, 3.8) is 0 Å². The molecule has 1 heterocycles. The highest BCUT2D eigenvalue weighted by Gasteiger charge is 2.05. The minimum atomic E-state index is -0.554. The van der Waals surface area contributed by atoms with Crippen molar-refractivity contribution in [2.45, 2.75) is 6.92 Å². The largest absolute Gasteiger partial charge is 0.380 e. The second-order valence-corrected chi connectivity index (χ2v) is 3.07. The molecule has 0 bridgehead atoms. The lowest BCUT2D eigenvalue weighted by Crippen LogP contribution is -2.26. The molecule has 0 spiro atoms. The molecule has 16 heavy (non-hydrogen) atoms. The van der Waals surface area contributed by atoms with E-state index in [1.54, 1.807) is 6.07 Å². The summed E-state index contributed by atoms with van der Waals surface area (Å²) in [6, 6.07) is 2.89. The van der Waals surface area contributed by atoms with Crippen LogP contribution < -0.4 is 10.6 Å². The number of nitrogens with one attached hydrogen (secondary N) is 2. The molecule has 0 fully saturated rings. The van der Waals surface area contributed by atoms with Gasteiger partial charge in [0.1, 0.15) is 0 Å². The third kappa shape index (κ3) is 3.91. The molecule has 0 saturated heterocycles. The second kappa shape index (κ2) is 5.64. The highest BCUT2D eigenvalue weighted by molar-refractivity contribution is 5.72. The van der Waals surface area contributed by atoms with E-state index in [2.05, 4.69) is 15.6 Å². The van der Waals surface area contributed by atoms with Crippen LogP contribution in [0.1, 0.15) is 6.92 Å². The molecule has 1 amide bonds. The summed E-state index contributed by atoms with van der Waals surface area (Å²) in [6.45, 7) is 2.47. The van der Waals surface area contributed by atoms with Gasteiger partial charge in [-0.15, -0.1) is 0 Å². The summed E-state index contributed by atoms with van der Waals surface area (Å²) in [6.07, 6.45) is 1.38. The first kappa shape index (κ1) is 11.9. The van der Waals surface area contributed by atoms with Crippen LogP contribution in [0.4, 0.5) is 11.5 Å². The van der Waals surface area contributed by atoms with E-state index < -0.39 is 4.92 Å². The van der Waals surface area contributed by atoms with E-state index in [0.717, 1.165) is 0 Å². The zero-order valence-electron chi connectivity index (χ0n) is 8.77.